The predicted molar refractivity (Wildman–Crippen MR) is 120 cm³/mol. The van der Waals surface area contributed by atoms with Gasteiger partial charge in [0.05, 0.1) is 4.90 Å². The summed E-state index contributed by atoms with van der Waals surface area (Å²) < 4.78 is 28.9. The zero-order valence-electron chi connectivity index (χ0n) is 17.9. The van der Waals surface area contributed by atoms with Crippen LogP contribution in [0.25, 0.3) is 0 Å². The topological polar surface area (TPSA) is 37.4 Å². The third kappa shape index (κ3) is 4.92. The minimum atomic E-state index is -3.56. The smallest absolute Gasteiger partial charge is 0.264 e. The second-order valence-electron chi connectivity index (χ2n) is 8.07. The van der Waals surface area contributed by atoms with Gasteiger partial charge in [-0.15, -0.1) is 0 Å². The van der Waals surface area contributed by atoms with Crippen LogP contribution in [0.4, 0.5) is 0 Å². The highest BCUT2D eigenvalue weighted by Crippen LogP contribution is 2.39. The van der Waals surface area contributed by atoms with Crippen LogP contribution in [0.1, 0.15) is 57.1 Å². The van der Waals surface area contributed by atoms with Crippen LogP contribution < -0.4 is 0 Å². The molecular formula is C25H33NO2S. The molecule has 0 aliphatic carbocycles. The number of benzene rings is 2. The van der Waals surface area contributed by atoms with Gasteiger partial charge in [-0.05, 0) is 49.5 Å². The lowest BCUT2D eigenvalue weighted by Gasteiger charge is -2.23. The first-order valence-corrected chi connectivity index (χ1v) is 12.3. The van der Waals surface area contributed by atoms with Gasteiger partial charge in [0, 0.05) is 24.6 Å². The van der Waals surface area contributed by atoms with Gasteiger partial charge >= 0.3 is 0 Å². The molecule has 1 aliphatic rings. The summed E-state index contributed by atoms with van der Waals surface area (Å²) in [7, 11) is -3.56. The van der Waals surface area contributed by atoms with Gasteiger partial charge in [0.2, 0.25) is 0 Å². The molecule has 3 nitrogen and oxygen atoms in total. The van der Waals surface area contributed by atoms with Gasteiger partial charge in [-0.2, -0.15) is 0 Å². The third-order valence-corrected chi connectivity index (χ3v) is 7.63. The van der Waals surface area contributed by atoms with Gasteiger partial charge in [-0.1, -0.05) is 74.7 Å². The quantitative estimate of drug-likeness (QED) is 0.500. The lowest BCUT2D eigenvalue weighted by Crippen LogP contribution is -2.30. The maximum atomic E-state index is 13.6. The monoisotopic (exact) mass is 411 g/mol. The van der Waals surface area contributed by atoms with Crippen molar-refractivity contribution in [3.63, 3.8) is 0 Å². The maximum absolute atomic E-state index is 13.6. The lowest BCUT2D eigenvalue weighted by molar-refractivity contribution is 0.442. The minimum Gasteiger partial charge on any atom is -0.269 e. The van der Waals surface area contributed by atoms with Crippen LogP contribution in [0.5, 0.6) is 0 Å². The highest BCUT2D eigenvalue weighted by atomic mass is 32.2. The van der Waals surface area contributed by atoms with Crippen LogP contribution >= 0.6 is 0 Å². The van der Waals surface area contributed by atoms with Crippen LogP contribution in [-0.4, -0.2) is 19.3 Å². The number of hydrogen-bond acceptors (Lipinski definition) is 2. The number of sulfonamides is 1. The Morgan fingerprint density at radius 1 is 0.966 bits per heavy atom. The van der Waals surface area contributed by atoms with Crippen molar-refractivity contribution in [3.8, 4) is 0 Å². The summed E-state index contributed by atoms with van der Waals surface area (Å²) in [4.78, 5) is 0.389. The Hall–Kier alpha value is -2.07. The van der Waals surface area contributed by atoms with Gasteiger partial charge in [-0.25, -0.2) is 8.42 Å². The molecule has 29 heavy (non-hydrogen) atoms. The third-order valence-electron chi connectivity index (χ3n) is 5.81. The lowest BCUT2D eigenvalue weighted by atomic mass is 9.91. The first-order valence-electron chi connectivity index (χ1n) is 10.8. The molecule has 2 aromatic carbocycles. The molecule has 0 N–H and O–H groups in total. The fourth-order valence-corrected chi connectivity index (χ4v) is 5.80. The molecule has 3 rings (SSSR count). The predicted octanol–water partition coefficient (Wildman–Crippen LogP) is 6.10. The number of hydrogen-bond donors (Lipinski definition) is 0. The molecule has 4 heteroatoms. The Morgan fingerprint density at radius 2 is 1.66 bits per heavy atom. The Morgan fingerprint density at radius 3 is 2.28 bits per heavy atom. The first-order chi connectivity index (χ1) is 14.0. The molecule has 0 saturated carbocycles. The molecule has 0 aromatic heterocycles. The van der Waals surface area contributed by atoms with E-state index in [4.69, 9.17) is 0 Å². The Bertz CT molecular complexity index is 931. The number of aryl methyl sites for hydroxylation is 1. The highest BCUT2D eigenvalue weighted by Gasteiger charge is 2.37. The average molecular weight is 412 g/mol. The molecule has 0 bridgehead atoms. The SMILES string of the molecule is CCCCC1=C(Cc2ccccc2)N(S(=O)(=O)c2ccc(C)cc2)CC1CCC. The van der Waals surface area contributed by atoms with E-state index >= 15 is 0 Å². The Balaban J connectivity index is 2.05. The molecular weight excluding hydrogens is 378 g/mol. The number of unbranched alkanes of at least 4 members (excludes halogenated alkanes) is 1. The van der Waals surface area contributed by atoms with Crippen LogP contribution in [0.3, 0.4) is 0 Å². The van der Waals surface area contributed by atoms with Gasteiger partial charge in [0.1, 0.15) is 0 Å². The van der Waals surface area contributed by atoms with E-state index in [1.807, 2.05) is 37.3 Å². The summed E-state index contributed by atoms with van der Waals surface area (Å²) in [5, 5.41) is 0. The van der Waals surface area contributed by atoms with Gasteiger partial charge in [0.25, 0.3) is 10.0 Å². The van der Waals surface area contributed by atoms with E-state index in [0.29, 0.717) is 23.8 Å². The van der Waals surface area contributed by atoms with Crippen molar-refractivity contribution in [3.05, 3.63) is 77.0 Å². The summed E-state index contributed by atoms with van der Waals surface area (Å²) in [5.41, 5.74) is 4.59. The minimum absolute atomic E-state index is 0.325. The van der Waals surface area contributed by atoms with Crippen molar-refractivity contribution in [1.29, 1.82) is 0 Å². The fraction of sp³-hybridized carbons (Fsp3) is 0.440. The first kappa shape index (κ1) is 21.6. The highest BCUT2D eigenvalue weighted by molar-refractivity contribution is 7.89. The number of nitrogens with zero attached hydrogens (tertiary/aromatic N) is 1. The van der Waals surface area contributed by atoms with Crippen molar-refractivity contribution in [2.45, 2.75) is 64.2 Å². The molecule has 1 heterocycles. The summed E-state index contributed by atoms with van der Waals surface area (Å²) >= 11 is 0. The van der Waals surface area contributed by atoms with Crippen LogP contribution in [0.2, 0.25) is 0 Å². The second-order valence-corrected chi connectivity index (χ2v) is 9.93. The van der Waals surface area contributed by atoms with E-state index in [-0.39, 0.29) is 0 Å². The van der Waals surface area contributed by atoms with Crippen molar-refractivity contribution in [2.75, 3.05) is 6.54 Å². The normalized spacial score (nSPS) is 17.2. The molecule has 2 aromatic rings. The van der Waals surface area contributed by atoms with Gasteiger partial charge in [-0.3, -0.25) is 4.31 Å². The Kier molecular flexibility index (Phi) is 7.18. The molecule has 0 amide bonds. The molecule has 156 valence electrons. The van der Waals surface area contributed by atoms with Crippen LogP contribution in [0, 0.1) is 12.8 Å². The molecule has 1 unspecified atom stereocenters. The van der Waals surface area contributed by atoms with Crippen molar-refractivity contribution in [2.24, 2.45) is 5.92 Å². The molecule has 1 aliphatic heterocycles. The molecule has 1 atom stereocenters. The van der Waals surface area contributed by atoms with E-state index in [2.05, 4.69) is 26.0 Å². The summed E-state index contributed by atoms with van der Waals surface area (Å²) in [6, 6.07) is 17.5. The van der Waals surface area contributed by atoms with Crippen LogP contribution in [-0.2, 0) is 16.4 Å². The zero-order chi connectivity index (χ0) is 20.9. The van der Waals surface area contributed by atoms with Gasteiger partial charge in [0.15, 0.2) is 0 Å². The van der Waals surface area contributed by atoms with E-state index in [0.717, 1.165) is 48.9 Å². The second kappa shape index (κ2) is 9.62. The fourth-order valence-electron chi connectivity index (χ4n) is 4.22. The average Bonchev–Trinajstić information content (AvgIpc) is 3.05. The summed E-state index contributed by atoms with van der Waals surface area (Å²) in [5.74, 6) is 0.325. The Labute approximate surface area is 176 Å². The zero-order valence-corrected chi connectivity index (χ0v) is 18.7. The van der Waals surface area contributed by atoms with E-state index in [1.54, 1.807) is 16.4 Å². The van der Waals surface area contributed by atoms with Gasteiger partial charge < -0.3 is 0 Å². The van der Waals surface area contributed by atoms with Crippen molar-refractivity contribution >= 4 is 10.0 Å². The summed E-state index contributed by atoms with van der Waals surface area (Å²) in [6.45, 7) is 6.94. The molecule has 0 radical (unpaired) electrons. The molecule has 0 spiro atoms. The van der Waals surface area contributed by atoms with E-state index < -0.39 is 10.0 Å². The van der Waals surface area contributed by atoms with Crippen molar-refractivity contribution in [1.82, 2.24) is 4.31 Å². The largest absolute Gasteiger partial charge is 0.269 e. The van der Waals surface area contributed by atoms with E-state index in [1.165, 1.54) is 5.57 Å². The standard InChI is InChI=1S/C25H33NO2S/c1-4-6-13-24-22(10-5-2)19-26(25(24)18-21-11-8-7-9-12-21)29(27,28)23-16-14-20(3)15-17-23/h7-9,11-12,14-17,22H,4-6,10,13,18-19H2,1-3H3. The van der Waals surface area contributed by atoms with Crippen LogP contribution in [0.15, 0.2) is 70.8 Å². The summed E-state index contributed by atoms with van der Waals surface area (Å²) in [6.07, 6.45) is 5.99. The number of rotatable bonds is 9. The number of allylic oxidation sites excluding steroid dienone is 1. The van der Waals surface area contributed by atoms with Crippen molar-refractivity contribution < 1.29 is 8.42 Å². The van der Waals surface area contributed by atoms with E-state index in [9.17, 15) is 8.42 Å². The molecule has 0 saturated heterocycles. The maximum Gasteiger partial charge on any atom is 0.264 e. The molecule has 0 fully saturated rings.